The molecule has 3 nitrogen and oxygen atoms in total. The van der Waals surface area contributed by atoms with Crippen LogP contribution in [0.5, 0.6) is 11.5 Å². The summed E-state index contributed by atoms with van der Waals surface area (Å²) in [5.41, 5.74) is -0.347. The first-order valence-electron chi connectivity index (χ1n) is 11.5. The summed E-state index contributed by atoms with van der Waals surface area (Å²) < 4.78 is 112. The molecule has 0 aliphatic rings. The molecule has 0 amide bonds. The molecule has 0 unspecified atom stereocenters. The molecule has 206 valence electrons. The van der Waals surface area contributed by atoms with Crippen molar-refractivity contribution in [1.29, 1.82) is 0 Å². The number of alkyl halides is 8. The molecule has 0 fully saturated rings. The van der Waals surface area contributed by atoms with Crippen molar-refractivity contribution in [3.63, 3.8) is 0 Å². The van der Waals surface area contributed by atoms with Crippen molar-refractivity contribution in [3.8, 4) is 11.5 Å². The maximum Gasteiger partial charge on any atom is 0.458 e. The molecule has 0 radical (unpaired) electrons. The van der Waals surface area contributed by atoms with Crippen molar-refractivity contribution in [2.45, 2.75) is 50.7 Å². The van der Waals surface area contributed by atoms with Crippen LogP contribution in [0, 0.1) is 0 Å². The molecule has 3 aromatic rings. The summed E-state index contributed by atoms with van der Waals surface area (Å²) >= 11 is 0. The standard InChI is InChI=1S/C27H25F8NO2/c1-17(2)19-7-4-10-22(13-19)38-23-11-5-9-21(14-23)36(16-24(37)26(30,31)32)15-18-6-3-8-20(12-18)25(28,29)27(33,34)35/h3-14,17,24,37H,15-16H2,1-2H3/t24-/m1/s1. The molecule has 0 saturated heterocycles. The Hall–Kier alpha value is -3.34. The highest BCUT2D eigenvalue weighted by Crippen LogP contribution is 2.44. The number of nitrogens with zero attached hydrogens (tertiary/aromatic N) is 1. The minimum absolute atomic E-state index is 0.114. The number of hydrogen-bond acceptors (Lipinski definition) is 3. The highest BCUT2D eigenvalue weighted by atomic mass is 19.4. The van der Waals surface area contributed by atoms with Crippen molar-refractivity contribution >= 4 is 5.69 Å². The Balaban J connectivity index is 1.94. The number of aliphatic hydroxyl groups is 1. The quantitative estimate of drug-likeness (QED) is 0.274. The van der Waals surface area contributed by atoms with Crippen LogP contribution in [0.15, 0.2) is 72.8 Å². The Morgan fingerprint density at radius 3 is 2.00 bits per heavy atom. The molecule has 0 saturated carbocycles. The van der Waals surface area contributed by atoms with Crippen LogP contribution in [-0.2, 0) is 12.5 Å². The van der Waals surface area contributed by atoms with Gasteiger partial charge in [-0.15, -0.1) is 0 Å². The zero-order valence-electron chi connectivity index (χ0n) is 20.3. The van der Waals surface area contributed by atoms with Gasteiger partial charge in [0.05, 0.1) is 6.54 Å². The molecule has 0 spiro atoms. The van der Waals surface area contributed by atoms with E-state index in [-0.39, 0.29) is 22.9 Å². The topological polar surface area (TPSA) is 32.7 Å². The Labute approximate surface area is 214 Å². The first kappa shape index (κ1) is 29.2. The van der Waals surface area contributed by atoms with Gasteiger partial charge in [0.25, 0.3) is 0 Å². The molecule has 11 heteroatoms. The molecule has 0 heterocycles. The maximum atomic E-state index is 13.9. The molecule has 3 rings (SSSR count). The van der Waals surface area contributed by atoms with Crippen LogP contribution in [0.1, 0.15) is 36.5 Å². The van der Waals surface area contributed by atoms with Crippen LogP contribution < -0.4 is 9.64 Å². The van der Waals surface area contributed by atoms with Crippen LogP contribution in [-0.4, -0.2) is 30.1 Å². The van der Waals surface area contributed by atoms with Gasteiger partial charge in [0, 0.05) is 23.9 Å². The SMILES string of the molecule is CC(C)c1cccc(Oc2cccc(N(Cc3cccc(C(F)(F)C(F)(F)F)c3)C[C@@H](O)C(F)(F)F)c2)c1. The number of benzene rings is 3. The molecular formula is C27H25F8NO2. The average molecular weight is 547 g/mol. The van der Waals surface area contributed by atoms with Gasteiger partial charge in [-0.25, -0.2) is 0 Å². The summed E-state index contributed by atoms with van der Waals surface area (Å²) in [5, 5.41) is 9.71. The van der Waals surface area contributed by atoms with Gasteiger partial charge in [-0.05, 0) is 47.4 Å². The number of ether oxygens (including phenoxy) is 1. The molecule has 1 N–H and O–H groups in total. The molecule has 0 aliphatic heterocycles. The Morgan fingerprint density at radius 1 is 0.789 bits per heavy atom. The normalized spacial score (nSPS) is 13.5. The Kier molecular flexibility index (Phi) is 8.60. The van der Waals surface area contributed by atoms with Crippen molar-refractivity contribution in [3.05, 3.63) is 89.5 Å². The lowest BCUT2D eigenvalue weighted by molar-refractivity contribution is -0.289. The average Bonchev–Trinajstić information content (AvgIpc) is 2.83. The van der Waals surface area contributed by atoms with Crippen molar-refractivity contribution in [2.24, 2.45) is 0 Å². The minimum Gasteiger partial charge on any atom is -0.457 e. The molecular weight excluding hydrogens is 522 g/mol. The van der Waals surface area contributed by atoms with Gasteiger partial charge in [-0.3, -0.25) is 0 Å². The second-order valence-electron chi connectivity index (χ2n) is 9.04. The second-order valence-corrected chi connectivity index (χ2v) is 9.04. The van der Waals surface area contributed by atoms with Gasteiger partial charge in [-0.2, -0.15) is 35.1 Å². The summed E-state index contributed by atoms with van der Waals surface area (Å²) in [6, 6.07) is 16.4. The van der Waals surface area contributed by atoms with E-state index in [9.17, 15) is 40.2 Å². The van der Waals surface area contributed by atoms with E-state index >= 15 is 0 Å². The van der Waals surface area contributed by atoms with Crippen LogP contribution >= 0.6 is 0 Å². The molecule has 1 atom stereocenters. The predicted molar refractivity (Wildman–Crippen MR) is 127 cm³/mol. The van der Waals surface area contributed by atoms with Gasteiger partial charge in [0.1, 0.15) is 11.5 Å². The van der Waals surface area contributed by atoms with Crippen molar-refractivity contribution in [2.75, 3.05) is 11.4 Å². The smallest absolute Gasteiger partial charge is 0.457 e. The van der Waals surface area contributed by atoms with Crippen molar-refractivity contribution in [1.82, 2.24) is 0 Å². The summed E-state index contributed by atoms with van der Waals surface area (Å²) in [6.07, 6.45) is -13.7. The summed E-state index contributed by atoms with van der Waals surface area (Å²) in [6.45, 7) is 2.48. The lowest BCUT2D eigenvalue weighted by atomic mass is 10.0. The molecule has 38 heavy (non-hydrogen) atoms. The van der Waals surface area contributed by atoms with E-state index in [1.165, 1.54) is 24.3 Å². The predicted octanol–water partition coefficient (Wildman–Crippen LogP) is 8.19. The number of halogens is 8. The molecule has 3 aromatic carbocycles. The Morgan fingerprint density at radius 2 is 1.39 bits per heavy atom. The number of aliphatic hydroxyl groups excluding tert-OH is 1. The van der Waals surface area contributed by atoms with Crippen LogP contribution in [0.2, 0.25) is 0 Å². The van der Waals surface area contributed by atoms with E-state index < -0.39 is 43.0 Å². The zero-order chi connectivity index (χ0) is 28.3. The first-order chi connectivity index (χ1) is 17.6. The van der Waals surface area contributed by atoms with E-state index in [0.29, 0.717) is 17.9 Å². The maximum absolute atomic E-state index is 13.9. The zero-order valence-corrected chi connectivity index (χ0v) is 20.3. The number of hydrogen-bond donors (Lipinski definition) is 1. The van der Waals surface area contributed by atoms with Gasteiger partial charge in [0.15, 0.2) is 6.10 Å². The molecule has 0 aromatic heterocycles. The van der Waals surface area contributed by atoms with Gasteiger partial charge < -0.3 is 14.7 Å². The highest BCUT2D eigenvalue weighted by molar-refractivity contribution is 5.52. The van der Waals surface area contributed by atoms with Gasteiger partial charge >= 0.3 is 18.3 Å². The summed E-state index contributed by atoms with van der Waals surface area (Å²) in [5.74, 6) is -4.23. The summed E-state index contributed by atoms with van der Waals surface area (Å²) in [4.78, 5) is 1.03. The Bertz CT molecular complexity index is 1220. The van der Waals surface area contributed by atoms with E-state index in [1.54, 1.807) is 24.3 Å². The van der Waals surface area contributed by atoms with Crippen molar-refractivity contribution < 1.29 is 45.0 Å². The van der Waals surface area contributed by atoms with Gasteiger partial charge in [0.2, 0.25) is 0 Å². The molecule has 0 aliphatic carbocycles. The molecule has 0 bridgehead atoms. The monoisotopic (exact) mass is 547 g/mol. The number of anilines is 1. The fourth-order valence-corrected chi connectivity index (χ4v) is 3.64. The lowest BCUT2D eigenvalue weighted by Crippen LogP contribution is -2.41. The van der Waals surface area contributed by atoms with E-state index in [1.807, 2.05) is 19.9 Å². The van der Waals surface area contributed by atoms with E-state index in [4.69, 9.17) is 4.74 Å². The highest BCUT2D eigenvalue weighted by Gasteiger charge is 2.58. The van der Waals surface area contributed by atoms with Crippen LogP contribution in [0.4, 0.5) is 40.8 Å². The van der Waals surface area contributed by atoms with Gasteiger partial charge in [-0.1, -0.05) is 50.2 Å². The fraction of sp³-hybridized carbons (Fsp3) is 0.333. The minimum atomic E-state index is -5.85. The van der Waals surface area contributed by atoms with E-state index in [0.717, 1.165) is 16.5 Å². The third-order valence-electron chi connectivity index (χ3n) is 5.73. The fourth-order valence-electron chi connectivity index (χ4n) is 3.64. The van der Waals surface area contributed by atoms with Crippen LogP contribution in [0.3, 0.4) is 0 Å². The second kappa shape index (κ2) is 11.2. The third kappa shape index (κ3) is 7.15. The van der Waals surface area contributed by atoms with Crippen LogP contribution in [0.25, 0.3) is 0 Å². The van der Waals surface area contributed by atoms with E-state index in [2.05, 4.69) is 0 Å². The number of rotatable bonds is 9. The third-order valence-corrected chi connectivity index (χ3v) is 5.73. The summed E-state index contributed by atoms with van der Waals surface area (Å²) in [7, 11) is 0. The lowest BCUT2D eigenvalue weighted by Gasteiger charge is -2.29. The first-order valence-corrected chi connectivity index (χ1v) is 11.5. The largest absolute Gasteiger partial charge is 0.458 e.